The molecule has 0 fully saturated rings. The maximum atomic E-state index is 12.5. The van der Waals surface area contributed by atoms with Crippen LogP contribution in [0.1, 0.15) is 271 Å². The molecule has 0 radical (unpaired) electrons. The van der Waals surface area contributed by atoms with E-state index in [0.717, 1.165) is 44.9 Å². The summed E-state index contributed by atoms with van der Waals surface area (Å²) in [6.07, 6.45) is 57.4. The number of rotatable bonds is 46. The van der Waals surface area contributed by atoms with Gasteiger partial charge in [0.15, 0.2) is 0 Å². The zero-order valence-corrected chi connectivity index (χ0v) is 37.8. The van der Waals surface area contributed by atoms with Crippen molar-refractivity contribution in [2.75, 3.05) is 6.61 Å². The zero-order valence-electron chi connectivity index (χ0n) is 37.8. The largest absolute Gasteiger partial charge is 0.394 e. The molecule has 0 saturated heterocycles. The van der Waals surface area contributed by atoms with E-state index in [9.17, 15) is 20.1 Å². The van der Waals surface area contributed by atoms with Gasteiger partial charge in [-0.25, -0.2) is 0 Å². The Morgan fingerprint density at radius 3 is 1.09 bits per heavy atom. The van der Waals surface area contributed by atoms with Gasteiger partial charge in [-0.2, -0.15) is 0 Å². The SMILES string of the molecule is CCCCCCCCCCCCCCCCC/C=C/CC/C=C/CCCC(O)C(O)C(CO)NC(=O)CCCCCCCCCCCCCCCCCCCC. The molecule has 0 aromatic carbocycles. The van der Waals surface area contributed by atoms with Crippen LogP contribution in [0.4, 0.5) is 0 Å². The van der Waals surface area contributed by atoms with E-state index >= 15 is 0 Å². The molecule has 1 amide bonds. The number of nitrogens with one attached hydrogen (secondary N) is 1. The summed E-state index contributed by atoms with van der Waals surface area (Å²) in [6.45, 7) is 4.19. The summed E-state index contributed by atoms with van der Waals surface area (Å²) in [6, 6.07) is -0.829. The average Bonchev–Trinajstić information content (AvgIpc) is 3.20. The van der Waals surface area contributed by atoms with Gasteiger partial charge in [-0.3, -0.25) is 4.79 Å². The number of hydrogen-bond acceptors (Lipinski definition) is 4. The number of aliphatic hydroxyl groups is 3. The molecule has 5 heteroatoms. The van der Waals surface area contributed by atoms with Crippen molar-refractivity contribution in [1.82, 2.24) is 5.32 Å². The third-order valence-corrected chi connectivity index (χ3v) is 11.8. The van der Waals surface area contributed by atoms with Crippen molar-refractivity contribution in [2.45, 2.75) is 289 Å². The molecule has 5 nitrogen and oxygen atoms in total. The Morgan fingerprint density at radius 1 is 0.429 bits per heavy atom. The van der Waals surface area contributed by atoms with Crippen LogP contribution in [0.5, 0.6) is 0 Å². The van der Waals surface area contributed by atoms with Crippen molar-refractivity contribution < 1.29 is 20.1 Å². The van der Waals surface area contributed by atoms with Crippen LogP contribution in [0.2, 0.25) is 0 Å². The predicted molar refractivity (Wildman–Crippen MR) is 245 cm³/mol. The van der Waals surface area contributed by atoms with Gasteiger partial charge in [-0.1, -0.05) is 237 Å². The minimum atomic E-state index is -1.16. The summed E-state index contributed by atoms with van der Waals surface area (Å²) < 4.78 is 0. The molecule has 332 valence electrons. The number of allylic oxidation sites excluding steroid dienone is 4. The molecule has 0 aromatic heterocycles. The molecular weight excluding hydrogens is 691 g/mol. The normalized spacial score (nSPS) is 13.6. The summed E-state index contributed by atoms with van der Waals surface area (Å²) in [5.74, 6) is -0.154. The van der Waals surface area contributed by atoms with Crippen LogP contribution < -0.4 is 5.32 Å². The fourth-order valence-corrected chi connectivity index (χ4v) is 7.89. The zero-order chi connectivity index (χ0) is 40.8. The van der Waals surface area contributed by atoms with Gasteiger partial charge in [0, 0.05) is 6.42 Å². The molecule has 0 heterocycles. The molecule has 0 saturated carbocycles. The lowest BCUT2D eigenvalue weighted by Gasteiger charge is -2.26. The summed E-state index contributed by atoms with van der Waals surface area (Å²) in [4.78, 5) is 12.5. The van der Waals surface area contributed by atoms with Crippen LogP contribution in [0.25, 0.3) is 0 Å². The van der Waals surface area contributed by atoms with E-state index < -0.39 is 18.2 Å². The van der Waals surface area contributed by atoms with Gasteiger partial charge in [-0.05, 0) is 51.4 Å². The van der Waals surface area contributed by atoms with Crippen molar-refractivity contribution in [3.8, 4) is 0 Å². The van der Waals surface area contributed by atoms with E-state index in [0.29, 0.717) is 12.8 Å². The summed E-state index contributed by atoms with van der Waals surface area (Å²) in [5.41, 5.74) is 0. The van der Waals surface area contributed by atoms with Crippen molar-refractivity contribution >= 4 is 5.91 Å². The Labute approximate surface area is 350 Å². The van der Waals surface area contributed by atoms with Gasteiger partial charge in [0.25, 0.3) is 0 Å². The Kier molecular flexibility index (Phi) is 45.5. The fraction of sp³-hybridized carbons (Fsp3) is 0.902. The Hall–Kier alpha value is -1.17. The molecule has 0 rings (SSSR count). The second kappa shape index (κ2) is 46.5. The van der Waals surface area contributed by atoms with Crippen molar-refractivity contribution in [1.29, 1.82) is 0 Å². The third kappa shape index (κ3) is 41.0. The average molecular weight is 790 g/mol. The molecule has 56 heavy (non-hydrogen) atoms. The van der Waals surface area contributed by atoms with Gasteiger partial charge in [-0.15, -0.1) is 0 Å². The van der Waals surface area contributed by atoms with Crippen LogP contribution in [0.15, 0.2) is 24.3 Å². The van der Waals surface area contributed by atoms with Crippen molar-refractivity contribution in [3.05, 3.63) is 24.3 Å². The third-order valence-electron chi connectivity index (χ3n) is 11.8. The first-order valence-corrected chi connectivity index (χ1v) is 25.1. The first kappa shape index (κ1) is 54.8. The number of aliphatic hydroxyl groups excluding tert-OH is 3. The number of carbonyl (C=O) groups is 1. The molecule has 0 aliphatic carbocycles. The predicted octanol–water partition coefficient (Wildman–Crippen LogP) is 14.9. The highest BCUT2D eigenvalue weighted by atomic mass is 16.3. The lowest BCUT2D eigenvalue weighted by molar-refractivity contribution is -0.124. The molecule has 0 aliphatic rings. The first-order chi connectivity index (χ1) is 27.6. The Morgan fingerprint density at radius 2 is 0.732 bits per heavy atom. The summed E-state index contributed by atoms with van der Waals surface area (Å²) >= 11 is 0. The molecule has 0 aliphatic heterocycles. The van der Waals surface area contributed by atoms with E-state index in [1.807, 2.05) is 0 Å². The maximum Gasteiger partial charge on any atom is 0.220 e. The molecule has 4 N–H and O–H groups in total. The highest BCUT2D eigenvalue weighted by Crippen LogP contribution is 2.17. The highest BCUT2D eigenvalue weighted by molar-refractivity contribution is 5.76. The molecule has 0 aromatic rings. The van der Waals surface area contributed by atoms with E-state index in [-0.39, 0.29) is 12.5 Å². The second-order valence-corrected chi connectivity index (χ2v) is 17.4. The fourth-order valence-electron chi connectivity index (χ4n) is 7.89. The van der Waals surface area contributed by atoms with Gasteiger partial charge in [0.2, 0.25) is 5.91 Å². The van der Waals surface area contributed by atoms with Crippen LogP contribution >= 0.6 is 0 Å². The number of hydrogen-bond donors (Lipinski definition) is 4. The molecule has 0 spiro atoms. The lowest BCUT2D eigenvalue weighted by atomic mass is 10.0. The van der Waals surface area contributed by atoms with Crippen LogP contribution in [-0.2, 0) is 4.79 Å². The lowest BCUT2D eigenvalue weighted by Crippen LogP contribution is -2.50. The first-order valence-electron chi connectivity index (χ1n) is 25.1. The van der Waals surface area contributed by atoms with Gasteiger partial charge >= 0.3 is 0 Å². The number of unbranched alkanes of at least 4 members (excludes halogenated alkanes) is 34. The molecule has 3 atom stereocenters. The van der Waals surface area contributed by atoms with Gasteiger partial charge in [0.1, 0.15) is 6.10 Å². The Balaban J connectivity index is 3.62. The summed E-state index contributed by atoms with van der Waals surface area (Å²) in [7, 11) is 0. The van der Waals surface area contributed by atoms with Gasteiger partial charge < -0.3 is 20.6 Å². The number of carbonyl (C=O) groups excluding carboxylic acids is 1. The maximum absolute atomic E-state index is 12.5. The molecular formula is C51H99NO4. The van der Waals surface area contributed by atoms with Crippen molar-refractivity contribution in [3.63, 3.8) is 0 Å². The van der Waals surface area contributed by atoms with E-state index in [1.165, 1.54) is 199 Å². The number of amides is 1. The topological polar surface area (TPSA) is 89.8 Å². The Bertz CT molecular complexity index is 829. The minimum Gasteiger partial charge on any atom is -0.394 e. The van der Waals surface area contributed by atoms with E-state index in [1.54, 1.807) is 0 Å². The molecule has 0 bridgehead atoms. The van der Waals surface area contributed by atoms with Crippen LogP contribution in [-0.4, -0.2) is 46.1 Å². The monoisotopic (exact) mass is 790 g/mol. The second-order valence-electron chi connectivity index (χ2n) is 17.4. The van der Waals surface area contributed by atoms with Gasteiger partial charge in [0.05, 0.1) is 18.8 Å². The minimum absolute atomic E-state index is 0.154. The standard InChI is InChI=1S/C51H99NO4/c1-3-5-7-9-11-13-15-17-19-21-23-24-25-26-27-28-29-31-33-35-37-39-41-43-45-49(54)51(56)48(47-53)52-50(55)46-44-42-40-38-36-34-32-30-22-20-18-16-14-12-10-8-6-4-2/h29,31,37,39,48-49,51,53-54,56H,3-28,30,32-36,38,40-47H2,1-2H3,(H,52,55)/b31-29+,39-37+. The van der Waals surface area contributed by atoms with E-state index in [2.05, 4.69) is 43.5 Å². The smallest absolute Gasteiger partial charge is 0.220 e. The highest BCUT2D eigenvalue weighted by Gasteiger charge is 2.26. The summed E-state index contributed by atoms with van der Waals surface area (Å²) in [5, 5.41) is 33.6. The van der Waals surface area contributed by atoms with Crippen molar-refractivity contribution in [2.24, 2.45) is 0 Å². The quantitative estimate of drug-likeness (QED) is 0.0365. The molecule has 3 unspecified atom stereocenters. The van der Waals surface area contributed by atoms with Crippen LogP contribution in [0.3, 0.4) is 0 Å². The van der Waals surface area contributed by atoms with Crippen LogP contribution in [0, 0.1) is 0 Å². The van der Waals surface area contributed by atoms with E-state index in [4.69, 9.17) is 0 Å².